The molecule has 3 aromatic rings. The van der Waals surface area contributed by atoms with Crippen molar-refractivity contribution in [3.05, 3.63) is 107 Å². The van der Waals surface area contributed by atoms with Crippen molar-refractivity contribution in [3.8, 4) is 0 Å². The molecule has 3 aromatic carbocycles. The van der Waals surface area contributed by atoms with Gasteiger partial charge in [-0.2, -0.15) is 0 Å². The summed E-state index contributed by atoms with van der Waals surface area (Å²) in [5.41, 5.74) is 5.45. The first-order chi connectivity index (χ1) is 17.3. The van der Waals surface area contributed by atoms with Gasteiger partial charge in [-0.25, -0.2) is 4.79 Å². The molecule has 4 rings (SSSR count). The van der Waals surface area contributed by atoms with Crippen molar-refractivity contribution in [3.63, 3.8) is 0 Å². The van der Waals surface area contributed by atoms with E-state index < -0.39 is 6.04 Å². The van der Waals surface area contributed by atoms with Crippen LogP contribution in [0.2, 0.25) is 0 Å². The van der Waals surface area contributed by atoms with Gasteiger partial charge in [-0.1, -0.05) is 98.3 Å². The fourth-order valence-electron chi connectivity index (χ4n) is 5.13. The molecule has 188 valence electrons. The Bertz CT molecular complexity index is 1190. The number of nitrogens with zero attached hydrogens (tertiary/aromatic N) is 2. The summed E-state index contributed by atoms with van der Waals surface area (Å²) in [6.45, 7) is 9.38. The van der Waals surface area contributed by atoms with Gasteiger partial charge < -0.3 is 15.1 Å². The van der Waals surface area contributed by atoms with Crippen LogP contribution in [-0.4, -0.2) is 41.4 Å². The largest absolute Gasteiger partial charge is 0.340 e. The van der Waals surface area contributed by atoms with Crippen molar-refractivity contribution in [1.82, 2.24) is 15.1 Å². The van der Waals surface area contributed by atoms with Crippen LogP contribution in [0.1, 0.15) is 47.7 Å². The monoisotopic (exact) mass is 483 g/mol. The molecule has 4 atom stereocenters. The maximum atomic E-state index is 13.8. The quantitative estimate of drug-likeness (QED) is 0.488. The Morgan fingerprint density at radius 2 is 1.58 bits per heavy atom. The van der Waals surface area contributed by atoms with E-state index in [1.807, 2.05) is 49.5 Å². The summed E-state index contributed by atoms with van der Waals surface area (Å²) in [5, 5.41) is 3.27. The first kappa shape index (κ1) is 25.5. The summed E-state index contributed by atoms with van der Waals surface area (Å²) in [6.07, 6.45) is 0. The lowest BCUT2D eigenvalue weighted by Crippen LogP contribution is -2.52. The minimum absolute atomic E-state index is 0.0188. The van der Waals surface area contributed by atoms with Gasteiger partial charge in [-0.05, 0) is 47.9 Å². The van der Waals surface area contributed by atoms with E-state index in [0.29, 0.717) is 13.1 Å². The van der Waals surface area contributed by atoms with Crippen LogP contribution in [0.15, 0.2) is 78.9 Å². The predicted molar refractivity (Wildman–Crippen MR) is 144 cm³/mol. The molecule has 4 unspecified atom stereocenters. The second kappa shape index (κ2) is 11.0. The fraction of sp³-hybridized carbons (Fsp3) is 0.355. The maximum Gasteiger partial charge on any atom is 0.318 e. The van der Waals surface area contributed by atoms with E-state index in [-0.39, 0.29) is 29.8 Å². The third kappa shape index (κ3) is 5.46. The van der Waals surface area contributed by atoms with Gasteiger partial charge in [0.25, 0.3) is 0 Å². The molecule has 0 aromatic heterocycles. The van der Waals surface area contributed by atoms with E-state index in [2.05, 4.69) is 69.4 Å². The number of carbonyl (C=O) groups excluding carboxylic acids is 2. The van der Waals surface area contributed by atoms with Crippen LogP contribution in [0.4, 0.5) is 4.79 Å². The van der Waals surface area contributed by atoms with Crippen molar-refractivity contribution in [1.29, 1.82) is 0 Å². The van der Waals surface area contributed by atoms with E-state index >= 15 is 0 Å². The second-order valence-corrected chi connectivity index (χ2v) is 10.3. The number of urea groups is 1. The molecule has 1 heterocycles. The van der Waals surface area contributed by atoms with Crippen molar-refractivity contribution < 1.29 is 9.59 Å². The zero-order chi connectivity index (χ0) is 25.8. The molecule has 5 heteroatoms. The highest BCUT2D eigenvalue weighted by molar-refractivity contribution is 5.88. The SMILES string of the molecule is Cc1ccc(CN(C)C(=O)C2C(C)C(C)CN2C(=O)NC(c2ccccc2)c2ccccc2C)cc1. The van der Waals surface area contributed by atoms with Gasteiger partial charge in [0.15, 0.2) is 0 Å². The molecule has 1 N–H and O–H groups in total. The summed E-state index contributed by atoms with van der Waals surface area (Å²) < 4.78 is 0. The first-order valence-corrected chi connectivity index (χ1v) is 12.7. The number of likely N-dealkylation sites (tertiary alicyclic amines) is 1. The number of carbonyl (C=O) groups is 2. The Morgan fingerprint density at radius 1 is 0.944 bits per heavy atom. The van der Waals surface area contributed by atoms with E-state index in [1.54, 1.807) is 9.80 Å². The average Bonchev–Trinajstić information content (AvgIpc) is 3.18. The number of nitrogens with one attached hydrogen (secondary N) is 1. The van der Waals surface area contributed by atoms with Gasteiger partial charge in [0, 0.05) is 20.1 Å². The highest BCUT2D eigenvalue weighted by atomic mass is 16.2. The smallest absolute Gasteiger partial charge is 0.318 e. The van der Waals surface area contributed by atoms with Crippen LogP contribution < -0.4 is 5.32 Å². The molecule has 36 heavy (non-hydrogen) atoms. The topological polar surface area (TPSA) is 52.7 Å². The second-order valence-electron chi connectivity index (χ2n) is 10.3. The molecule has 1 saturated heterocycles. The molecular weight excluding hydrogens is 446 g/mol. The van der Waals surface area contributed by atoms with Gasteiger partial charge in [0.1, 0.15) is 6.04 Å². The maximum absolute atomic E-state index is 13.8. The molecule has 0 spiro atoms. The molecule has 3 amide bonds. The Balaban J connectivity index is 1.57. The summed E-state index contributed by atoms with van der Waals surface area (Å²) >= 11 is 0. The van der Waals surface area contributed by atoms with Crippen LogP contribution in [0, 0.1) is 25.7 Å². The zero-order valence-corrected chi connectivity index (χ0v) is 21.9. The summed E-state index contributed by atoms with van der Waals surface area (Å²) in [5.74, 6) is 0.276. The normalized spacial score (nSPS) is 20.1. The van der Waals surface area contributed by atoms with E-state index in [9.17, 15) is 9.59 Å². The van der Waals surface area contributed by atoms with E-state index in [0.717, 1.165) is 22.3 Å². The highest BCUT2D eigenvalue weighted by Gasteiger charge is 2.45. The number of rotatable bonds is 6. The number of likely N-dealkylation sites (N-methyl/N-ethyl adjacent to an activating group) is 1. The predicted octanol–water partition coefficient (Wildman–Crippen LogP) is 5.72. The Kier molecular flexibility index (Phi) is 7.78. The fourth-order valence-corrected chi connectivity index (χ4v) is 5.13. The third-order valence-electron chi connectivity index (χ3n) is 7.55. The molecular formula is C31H37N3O2. The Morgan fingerprint density at radius 3 is 2.25 bits per heavy atom. The number of benzene rings is 3. The summed E-state index contributed by atoms with van der Waals surface area (Å²) in [4.78, 5) is 31.0. The molecule has 0 aliphatic carbocycles. The van der Waals surface area contributed by atoms with Gasteiger partial charge in [0.2, 0.25) is 5.91 Å². The Hall–Kier alpha value is -3.60. The van der Waals surface area contributed by atoms with Crippen LogP contribution >= 0.6 is 0 Å². The first-order valence-electron chi connectivity index (χ1n) is 12.7. The number of hydrogen-bond acceptors (Lipinski definition) is 2. The van der Waals surface area contributed by atoms with Gasteiger partial charge in [-0.3, -0.25) is 4.79 Å². The van der Waals surface area contributed by atoms with Crippen molar-refractivity contribution in [2.75, 3.05) is 13.6 Å². The molecule has 1 aliphatic heterocycles. The molecule has 1 fully saturated rings. The van der Waals surface area contributed by atoms with Gasteiger partial charge >= 0.3 is 6.03 Å². The zero-order valence-electron chi connectivity index (χ0n) is 21.9. The minimum atomic E-state index is -0.497. The summed E-state index contributed by atoms with van der Waals surface area (Å²) in [7, 11) is 1.83. The third-order valence-corrected chi connectivity index (χ3v) is 7.55. The van der Waals surface area contributed by atoms with Crippen molar-refractivity contribution >= 4 is 11.9 Å². The highest BCUT2D eigenvalue weighted by Crippen LogP contribution is 2.32. The van der Waals surface area contributed by atoms with Crippen LogP contribution in [0.25, 0.3) is 0 Å². The van der Waals surface area contributed by atoms with Gasteiger partial charge in [-0.15, -0.1) is 0 Å². The van der Waals surface area contributed by atoms with Crippen LogP contribution in [0.3, 0.4) is 0 Å². The van der Waals surface area contributed by atoms with Crippen LogP contribution in [0.5, 0.6) is 0 Å². The number of aryl methyl sites for hydroxylation is 2. The van der Waals surface area contributed by atoms with E-state index in [4.69, 9.17) is 0 Å². The van der Waals surface area contributed by atoms with Gasteiger partial charge in [0.05, 0.1) is 6.04 Å². The lowest BCUT2D eigenvalue weighted by molar-refractivity contribution is -0.135. The van der Waals surface area contributed by atoms with Crippen molar-refractivity contribution in [2.24, 2.45) is 11.8 Å². The molecule has 0 radical (unpaired) electrons. The number of amides is 3. The molecule has 1 aliphatic rings. The Labute approximate surface area is 215 Å². The molecule has 0 saturated carbocycles. The molecule has 0 bridgehead atoms. The number of hydrogen-bond donors (Lipinski definition) is 1. The lowest BCUT2D eigenvalue weighted by atomic mass is 9.93. The average molecular weight is 484 g/mol. The molecule has 5 nitrogen and oxygen atoms in total. The standard InChI is InChI=1S/C31H37N3O2/c1-21-15-17-25(18-16-21)20-33(5)30(35)29-24(4)23(3)19-34(29)31(36)32-28(26-12-7-6-8-13-26)27-14-10-9-11-22(27)2/h6-18,23-24,28-29H,19-20H2,1-5H3,(H,32,36). The summed E-state index contributed by atoms with van der Waals surface area (Å²) in [6, 6.07) is 25.4. The minimum Gasteiger partial charge on any atom is -0.340 e. The van der Waals surface area contributed by atoms with Crippen LogP contribution in [-0.2, 0) is 11.3 Å². The van der Waals surface area contributed by atoms with E-state index in [1.165, 1.54) is 5.56 Å². The lowest BCUT2D eigenvalue weighted by Gasteiger charge is -2.32. The van der Waals surface area contributed by atoms with Crippen molar-refractivity contribution in [2.45, 2.75) is 46.3 Å².